The third-order valence-corrected chi connectivity index (χ3v) is 3.51. The SMILES string of the molecule is CCOc1cc(NCC2CCOC2C)cc([N+](=O)[O-])c1. The number of nitrogens with one attached hydrogen (secondary N) is 1. The third kappa shape index (κ3) is 3.60. The van der Waals surface area contributed by atoms with Crippen molar-refractivity contribution in [3.63, 3.8) is 0 Å². The second kappa shape index (κ2) is 6.56. The van der Waals surface area contributed by atoms with E-state index in [1.54, 1.807) is 6.07 Å². The summed E-state index contributed by atoms with van der Waals surface area (Å²) < 4.78 is 10.9. The quantitative estimate of drug-likeness (QED) is 0.640. The molecule has 0 radical (unpaired) electrons. The van der Waals surface area contributed by atoms with Gasteiger partial charge in [0.05, 0.1) is 23.7 Å². The molecule has 1 fully saturated rings. The molecule has 0 aromatic heterocycles. The summed E-state index contributed by atoms with van der Waals surface area (Å²) in [6, 6.07) is 4.76. The summed E-state index contributed by atoms with van der Waals surface area (Å²) in [5.41, 5.74) is 0.746. The average Bonchev–Trinajstić information content (AvgIpc) is 2.82. The number of nitro benzene ring substituents is 1. The highest BCUT2D eigenvalue weighted by Crippen LogP contribution is 2.27. The summed E-state index contributed by atoms with van der Waals surface area (Å²) in [4.78, 5) is 10.5. The number of benzene rings is 1. The molecule has 1 aromatic rings. The summed E-state index contributed by atoms with van der Waals surface area (Å²) in [6.07, 6.45) is 1.24. The highest BCUT2D eigenvalue weighted by Gasteiger charge is 2.24. The van der Waals surface area contributed by atoms with E-state index >= 15 is 0 Å². The molecule has 2 unspecified atom stereocenters. The maximum Gasteiger partial charge on any atom is 0.275 e. The molecule has 2 rings (SSSR count). The number of rotatable bonds is 6. The molecular weight excluding hydrogens is 260 g/mol. The summed E-state index contributed by atoms with van der Waals surface area (Å²) in [5, 5.41) is 14.2. The van der Waals surface area contributed by atoms with Crippen LogP contribution in [0.25, 0.3) is 0 Å². The zero-order valence-electron chi connectivity index (χ0n) is 11.8. The molecular formula is C14H20N2O4. The van der Waals surface area contributed by atoms with E-state index < -0.39 is 4.92 Å². The molecule has 0 bridgehead atoms. The molecule has 6 nitrogen and oxygen atoms in total. The lowest BCUT2D eigenvalue weighted by molar-refractivity contribution is -0.384. The van der Waals surface area contributed by atoms with E-state index in [9.17, 15) is 10.1 Å². The maximum absolute atomic E-state index is 10.9. The summed E-state index contributed by atoms with van der Waals surface area (Å²) in [5.74, 6) is 0.949. The van der Waals surface area contributed by atoms with Crippen LogP contribution in [0.2, 0.25) is 0 Å². The van der Waals surface area contributed by atoms with E-state index in [2.05, 4.69) is 12.2 Å². The van der Waals surface area contributed by atoms with Gasteiger partial charge in [0.25, 0.3) is 5.69 Å². The molecule has 2 atom stereocenters. The van der Waals surface area contributed by atoms with E-state index in [4.69, 9.17) is 9.47 Å². The van der Waals surface area contributed by atoms with Crippen molar-refractivity contribution >= 4 is 11.4 Å². The van der Waals surface area contributed by atoms with Crippen molar-refractivity contribution in [2.24, 2.45) is 5.92 Å². The van der Waals surface area contributed by atoms with Gasteiger partial charge in [-0.3, -0.25) is 10.1 Å². The minimum atomic E-state index is -0.408. The fourth-order valence-corrected chi connectivity index (χ4v) is 2.33. The number of hydrogen-bond acceptors (Lipinski definition) is 5. The second-order valence-electron chi connectivity index (χ2n) is 4.91. The first kappa shape index (κ1) is 14.6. The lowest BCUT2D eigenvalue weighted by Gasteiger charge is -2.16. The summed E-state index contributed by atoms with van der Waals surface area (Å²) >= 11 is 0. The molecule has 110 valence electrons. The minimum absolute atomic E-state index is 0.0363. The molecule has 20 heavy (non-hydrogen) atoms. The van der Waals surface area contributed by atoms with Crippen LogP contribution in [0.4, 0.5) is 11.4 Å². The standard InChI is InChI=1S/C14H20N2O4/c1-3-19-14-7-12(6-13(8-14)16(17)18)15-9-11-4-5-20-10(11)2/h6-8,10-11,15H,3-5,9H2,1-2H3. The first-order valence-corrected chi connectivity index (χ1v) is 6.88. The smallest absolute Gasteiger partial charge is 0.275 e. The monoisotopic (exact) mass is 280 g/mol. The molecule has 1 aliphatic heterocycles. The Morgan fingerprint density at radius 2 is 2.30 bits per heavy atom. The third-order valence-electron chi connectivity index (χ3n) is 3.51. The molecule has 0 spiro atoms. The Labute approximate surface area is 118 Å². The van der Waals surface area contributed by atoms with Crippen LogP contribution in [0.1, 0.15) is 20.3 Å². The Kier molecular flexibility index (Phi) is 4.79. The Hall–Kier alpha value is -1.82. The van der Waals surface area contributed by atoms with Crippen molar-refractivity contribution in [2.75, 3.05) is 25.1 Å². The molecule has 0 aliphatic carbocycles. The Morgan fingerprint density at radius 3 is 2.90 bits per heavy atom. The number of ether oxygens (including phenoxy) is 2. The van der Waals surface area contributed by atoms with Gasteiger partial charge in [-0.2, -0.15) is 0 Å². The van der Waals surface area contributed by atoms with Crippen LogP contribution < -0.4 is 10.1 Å². The van der Waals surface area contributed by atoms with Crippen molar-refractivity contribution in [3.8, 4) is 5.75 Å². The second-order valence-corrected chi connectivity index (χ2v) is 4.91. The predicted molar refractivity (Wildman–Crippen MR) is 76.3 cm³/mol. The zero-order valence-corrected chi connectivity index (χ0v) is 11.8. The van der Waals surface area contributed by atoms with Crippen LogP contribution in [0.5, 0.6) is 5.75 Å². The number of nitro groups is 1. The summed E-state index contributed by atoms with van der Waals surface area (Å²) in [6.45, 7) is 5.91. The van der Waals surface area contributed by atoms with E-state index in [0.717, 1.165) is 19.6 Å². The fraction of sp³-hybridized carbons (Fsp3) is 0.571. The molecule has 1 aliphatic rings. The van der Waals surface area contributed by atoms with Gasteiger partial charge in [0.2, 0.25) is 0 Å². The highest BCUT2D eigenvalue weighted by molar-refractivity contribution is 5.56. The van der Waals surface area contributed by atoms with Gasteiger partial charge < -0.3 is 14.8 Å². The van der Waals surface area contributed by atoms with Gasteiger partial charge in [-0.1, -0.05) is 0 Å². The van der Waals surface area contributed by atoms with Crippen LogP contribution in [-0.4, -0.2) is 30.8 Å². The van der Waals surface area contributed by atoms with Crippen molar-refractivity contribution in [2.45, 2.75) is 26.4 Å². The highest BCUT2D eigenvalue weighted by atomic mass is 16.6. The largest absolute Gasteiger partial charge is 0.494 e. The lowest BCUT2D eigenvalue weighted by Crippen LogP contribution is -2.20. The van der Waals surface area contributed by atoms with Gasteiger partial charge in [0, 0.05) is 36.9 Å². The zero-order chi connectivity index (χ0) is 14.5. The van der Waals surface area contributed by atoms with Crippen LogP contribution in [0.15, 0.2) is 18.2 Å². The molecule has 1 N–H and O–H groups in total. The van der Waals surface area contributed by atoms with Crippen LogP contribution in [0.3, 0.4) is 0 Å². The van der Waals surface area contributed by atoms with Gasteiger partial charge >= 0.3 is 0 Å². The maximum atomic E-state index is 10.9. The van der Waals surface area contributed by atoms with Crippen molar-refractivity contribution in [1.29, 1.82) is 0 Å². The number of non-ortho nitro benzene ring substituents is 1. The molecule has 1 heterocycles. The van der Waals surface area contributed by atoms with Crippen LogP contribution >= 0.6 is 0 Å². The predicted octanol–water partition coefficient (Wildman–Crippen LogP) is 2.83. The fourth-order valence-electron chi connectivity index (χ4n) is 2.33. The van der Waals surface area contributed by atoms with Crippen LogP contribution in [0, 0.1) is 16.0 Å². The molecule has 1 saturated heterocycles. The van der Waals surface area contributed by atoms with Gasteiger partial charge in [-0.05, 0) is 20.3 Å². The Balaban J connectivity index is 2.07. The van der Waals surface area contributed by atoms with Gasteiger partial charge in [0.15, 0.2) is 0 Å². The molecule has 0 amide bonds. The van der Waals surface area contributed by atoms with Crippen molar-refractivity contribution in [3.05, 3.63) is 28.3 Å². The number of hydrogen-bond donors (Lipinski definition) is 1. The lowest BCUT2D eigenvalue weighted by atomic mass is 10.0. The first-order chi connectivity index (χ1) is 9.60. The van der Waals surface area contributed by atoms with E-state index in [0.29, 0.717) is 24.0 Å². The average molecular weight is 280 g/mol. The molecule has 1 aromatic carbocycles. The Morgan fingerprint density at radius 1 is 1.50 bits per heavy atom. The Bertz CT molecular complexity index is 478. The van der Waals surface area contributed by atoms with E-state index in [1.807, 2.05) is 6.92 Å². The van der Waals surface area contributed by atoms with E-state index in [1.165, 1.54) is 12.1 Å². The molecule has 0 saturated carbocycles. The first-order valence-electron chi connectivity index (χ1n) is 6.88. The molecule has 6 heteroatoms. The topological polar surface area (TPSA) is 73.6 Å². The van der Waals surface area contributed by atoms with Gasteiger partial charge in [0.1, 0.15) is 5.75 Å². The van der Waals surface area contributed by atoms with Gasteiger partial charge in [-0.25, -0.2) is 0 Å². The number of anilines is 1. The van der Waals surface area contributed by atoms with E-state index in [-0.39, 0.29) is 11.8 Å². The minimum Gasteiger partial charge on any atom is -0.494 e. The van der Waals surface area contributed by atoms with Crippen LogP contribution in [-0.2, 0) is 4.74 Å². The van der Waals surface area contributed by atoms with Crippen molar-refractivity contribution in [1.82, 2.24) is 0 Å². The number of nitrogens with zero attached hydrogens (tertiary/aromatic N) is 1. The van der Waals surface area contributed by atoms with Crippen molar-refractivity contribution < 1.29 is 14.4 Å². The summed E-state index contributed by atoms with van der Waals surface area (Å²) in [7, 11) is 0. The normalized spacial score (nSPS) is 21.7. The van der Waals surface area contributed by atoms with Gasteiger partial charge in [-0.15, -0.1) is 0 Å².